The molecule has 1 aromatic heterocycles. The number of halogens is 2. The van der Waals surface area contributed by atoms with Crippen molar-refractivity contribution in [3.05, 3.63) is 63.3 Å². The number of aryl methyl sites for hydroxylation is 2. The number of fused-ring (bicyclic) bond motifs is 1. The first-order valence-electron chi connectivity index (χ1n) is 15.4. The molecule has 1 saturated heterocycles. The largest absolute Gasteiger partial charge is 0.487 e. The van der Waals surface area contributed by atoms with E-state index < -0.39 is 27.5 Å². The predicted molar refractivity (Wildman–Crippen MR) is 187 cm³/mol. The molecule has 260 valence electrons. The van der Waals surface area contributed by atoms with Gasteiger partial charge in [0.25, 0.3) is 0 Å². The minimum absolute atomic E-state index is 0.126. The lowest BCUT2D eigenvalue weighted by molar-refractivity contribution is -0.143. The van der Waals surface area contributed by atoms with Gasteiger partial charge in [0.05, 0.1) is 11.1 Å². The third kappa shape index (κ3) is 8.66. The van der Waals surface area contributed by atoms with Crippen LogP contribution in [0, 0.1) is 19.3 Å². The molecule has 4 rings (SSSR count). The summed E-state index contributed by atoms with van der Waals surface area (Å²) in [5.41, 5.74) is 12.6. The summed E-state index contributed by atoms with van der Waals surface area (Å²) < 4.78 is 35.9. The molecule has 3 aromatic rings. The molecule has 13 nitrogen and oxygen atoms in total. The topological polar surface area (TPSA) is 197 Å². The van der Waals surface area contributed by atoms with Gasteiger partial charge in [0.2, 0.25) is 21.8 Å². The van der Waals surface area contributed by atoms with Crippen molar-refractivity contribution in [2.75, 3.05) is 32.7 Å². The van der Waals surface area contributed by atoms with Gasteiger partial charge in [0, 0.05) is 54.4 Å². The zero-order chi connectivity index (χ0) is 35.4. The number of benzene rings is 2. The Hall–Kier alpha value is -3.69. The Morgan fingerprint density at radius 2 is 1.77 bits per heavy atom. The average Bonchev–Trinajstić information content (AvgIpc) is 3.01. The van der Waals surface area contributed by atoms with Crippen molar-refractivity contribution in [1.29, 1.82) is 5.41 Å². The number of para-hydroxylation sites is 1. The van der Waals surface area contributed by atoms with E-state index >= 15 is 0 Å². The highest BCUT2D eigenvalue weighted by atomic mass is 35.5. The number of rotatable bonds is 12. The molecule has 0 saturated carbocycles. The monoisotopic (exact) mass is 720 g/mol. The fourth-order valence-corrected chi connectivity index (χ4v) is 7.86. The van der Waals surface area contributed by atoms with E-state index in [4.69, 9.17) is 44.8 Å². The zero-order valence-electron chi connectivity index (χ0n) is 27.4. The molecule has 7 N–H and O–H groups in total. The number of nitrogens with zero attached hydrogens (tertiary/aromatic N) is 3. The van der Waals surface area contributed by atoms with E-state index in [0.717, 1.165) is 16.6 Å². The van der Waals surface area contributed by atoms with E-state index in [1.165, 1.54) is 30.9 Å². The number of nitrogens with two attached hydrogens (primary N) is 2. The Morgan fingerprint density at radius 1 is 1.10 bits per heavy atom. The van der Waals surface area contributed by atoms with Crippen LogP contribution in [0.4, 0.5) is 0 Å². The quantitative estimate of drug-likeness (QED) is 0.106. The van der Waals surface area contributed by atoms with Gasteiger partial charge in [-0.2, -0.15) is 4.72 Å². The van der Waals surface area contributed by atoms with Gasteiger partial charge in [-0.1, -0.05) is 35.3 Å². The SMILES string of the molecule is Cc1cc(C)c2cccc(OCc3c(Cl)ccc(S(=O)(=O)NC(C)(C)C(=O)N4CCN(C(=O)C(N)CCCNC(=N)N)CC4)c3Cl)c2n1. The van der Waals surface area contributed by atoms with Crippen LogP contribution in [0.25, 0.3) is 10.9 Å². The summed E-state index contributed by atoms with van der Waals surface area (Å²) in [5, 5.41) is 10.9. The molecule has 2 heterocycles. The molecule has 1 unspecified atom stereocenters. The molecule has 48 heavy (non-hydrogen) atoms. The molecule has 0 aliphatic carbocycles. The van der Waals surface area contributed by atoms with Crippen LogP contribution in [0.1, 0.15) is 43.5 Å². The van der Waals surface area contributed by atoms with Crippen molar-refractivity contribution in [3.8, 4) is 5.75 Å². The van der Waals surface area contributed by atoms with Gasteiger partial charge < -0.3 is 31.3 Å². The lowest BCUT2D eigenvalue weighted by atomic mass is 10.0. The third-order valence-corrected chi connectivity index (χ3v) is 10.7. The Balaban J connectivity index is 1.41. The van der Waals surface area contributed by atoms with Gasteiger partial charge >= 0.3 is 0 Å². The minimum Gasteiger partial charge on any atom is -0.487 e. The third-order valence-electron chi connectivity index (χ3n) is 8.08. The Bertz CT molecular complexity index is 1810. The summed E-state index contributed by atoms with van der Waals surface area (Å²) in [7, 11) is -4.32. The van der Waals surface area contributed by atoms with E-state index in [-0.39, 0.29) is 65.2 Å². The van der Waals surface area contributed by atoms with Crippen molar-refractivity contribution in [2.45, 2.75) is 63.6 Å². The van der Waals surface area contributed by atoms with Crippen LogP contribution in [0.2, 0.25) is 10.0 Å². The molecule has 0 radical (unpaired) electrons. The number of amides is 2. The maximum Gasteiger partial charge on any atom is 0.243 e. The number of nitrogens with one attached hydrogen (secondary N) is 3. The molecule has 1 aliphatic heterocycles. The van der Waals surface area contributed by atoms with Crippen LogP contribution in [0.3, 0.4) is 0 Å². The van der Waals surface area contributed by atoms with Gasteiger partial charge in [-0.05, 0) is 70.4 Å². The second-order valence-electron chi connectivity index (χ2n) is 12.3. The predicted octanol–water partition coefficient (Wildman–Crippen LogP) is 3.06. The number of hydrogen-bond donors (Lipinski definition) is 5. The number of carbonyl (C=O) groups excluding carboxylic acids is 2. The highest BCUT2D eigenvalue weighted by molar-refractivity contribution is 7.89. The Kier molecular flexibility index (Phi) is 11.8. The molecule has 16 heteroatoms. The summed E-state index contributed by atoms with van der Waals surface area (Å²) >= 11 is 13.1. The normalized spacial score (nSPS) is 14.6. The van der Waals surface area contributed by atoms with Crippen LogP contribution in [0.15, 0.2) is 41.3 Å². The fourth-order valence-electron chi connectivity index (χ4n) is 5.60. The number of ether oxygens (including phenoxy) is 1. The highest BCUT2D eigenvalue weighted by Gasteiger charge is 2.39. The number of guanidine groups is 1. The second kappa shape index (κ2) is 15.2. The standard InChI is InChI=1S/C32H42Cl2N8O5S/c1-19-17-20(2)39-28-21(19)7-5-9-25(28)47-18-22-23(33)10-11-26(27(22)34)48(45,46)40-32(3,4)30(44)42-15-13-41(14-16-42)29(43)24(35)8-6-12-38-31(36)37/h5,7,9-11,17,24,40H,6,8,12-16,18,35H2,1-4H3,(H4,36,37,38). The first-order valence-corrected chi connectivity index (χ1v) is 17.7. The molecule has 2 amide bonds. The molecule has 1 aliphatic rings. The van der Waals surface area contributed by atoms with Crippen molar-refractivity contribution in [2.24, 2.45) is 11.5 Å². The van der Waals surface area contributed by atoms with Crippen molar-refractivity contribution < 1.29 is 22.7 Å². The fraction of sp³-hybridized carbons (Fsp3) is 0.438. The lowest BCUT2D eigenvalue weighted by Gasteiger charge is -2.39. The maximum absolute atomic E-state index is 13.7. The molecule has 2 aromatic carbocycles. The van der Waals surface area contributed by atoms with Gasteiger partial charge in [-0.15, -0.1) is 0 Å². The number of pyridine rings is 1. The Morgan fingerprint density at radius 3 is 2.44 bits per heavy atom. The minimum atomic E-state index is -4.32. The van der Waals surface area contributed by atoms with Crippen LogP contribution >= 0.6 is 23.2 Å². The summed E-state index contributed by atoms with van der Waals surface area (Å²) in [4.78, 5) is 33.8. The van der Waals surface area contributed by atoms with Crippen LogP contribution in [0.5, 0.6) is 5.75 Å². The van der Waals surface area contributed by atoms with Crippen LogP contribution < -0.4 is 26.2 Å². The van der Waals surface area contributed by atoms with Crippen LogP contribution in [-0.2, 0) is 26.2 Å². The molecule has 0 spiro atoms. The summed E-state index contributed by atoms with van der Waals surface area (Å²) in [6.07, 6.45) is 0.973. The van der Waals surface area contributed by atoms with E-state index in [0.29, 0.717) is 30.7 Å². The number of aromatic nitrogens is 1. The van der Waals surface area contributed by atoms with Gasteiger partial charge in [-0.3, -0.25) is 15.0 Å². The van der Waals surface area contributed by atoms with Gasteiger partial charge in [-0.25, -0.2) is 13.4 Å². The maximum atomic E-state index is 13.7. The van der Waals surface area contributed by atoms with E-state index in [1.807, 2.05) is 32.0 Å². The summed E-state index contributed by atoms with van der Waals surface area (Å²) in [6.45, 7) is 8.06. The summed E-state index contributed by atoms with van der Waals surface area (Å²) in [6, 6.07) is 9.53. The van der Waals surface area contributed by atoms with Crippen molar-refractivity contribution in [3.63, 3.8) is 0 Å². The average molecular weight is 722 g/mol. The highest BCUT2D eigenvalue weighted by Crippen LogP contribution is 2.34. The second-order valence-corrected chi connectivity index (χ2v) is 14.7. The molecular weight excluding hydrogens is 679 g/mol. The van der Waals surface area contributed by atoms with Gasteiger partial charge in [0.1, 0.15) is 28.3 Å². The van der Waals surface area contributed by atoms with Crippen molar-refractivity contribution >= 4 is 61.9 Å². The van der Waals surface area contributed by atoms with Crippen LogP contribution in [-0.4, -0.2) is 85.3 Å². The van der Waals surface area contributed by atoms with E-state index in [1.54, 1.807) is 11.0 Å². The molecule has 1 fully saturated rings. The van der Waals surface area contributed by atoms with Gasteiger partial charge in [0.15, 0.2) is 5.96 Å². The molecular formula is C32H42Cl2N8O5S. The Labute approximate surface area is 290 Å². The molecule has 1 atom stereocenters. The van der Waals surface area contributed by atoms with Crippen molar-refractivity contribution in [1.82, 2.24) is 24.8 Å². The smallest absolute Gasteiger partial charge is 0.243 e. The first kappa shape index (κ1) is 37.1. The number of hydrogen-bond acceptors (Lipinski definition) is 8. The number of sulfonamides is 1. The number of carbonyl (C=O) groups is 2. The number of piperazine rings is 1. The zero-order valence-corrected chi connectivity index (χ0v) is 29.7. The van der Waals surface area contributed by atoms with E-state index in [2.05, 4.69) is 15.0 Å². The summed E-state index contributed by atoms with van der Waals surface area (Å²) in [5.74, 6) is -0.341. The lowest BCUT2D eigenvalue weighted by Crippen LogP contribution is -2.61. The van der Waals surface area contributed by atoms with E-state index in [9.17, 15) is 18.0 Å². The molecule has 0 bridgehead atoms. The first-order chi connectivity index (χ1) is 22.5.